The van der Waals surface area contributed by atoms with Gasteiger partial charge in [-0.2, -0.15) is 11.8 Å². The minimum Gasteiger partial charge on any atom is -0.337 e. The van der Waals surface area contributed by atoms with Crippen LogP contribution in [0, 0.1) is 0 Å². The number of carbonyl (C=O) groups excluding carboxylic acids is 1. The van der Waals surface area contributed by atoms with Gasteiger partial charge in [0.25, 0.3) is 0 Å². The highest BCUT2D eigenvalue weighted by molar-refractivity contribution is 7.99. The highest BCUT2D eigenvalue weighted by Gasteiger charge is 2.25. The minimum atomic E-state index is 0.269. The van der Waals surface area contributed by atoms with Gasteiger partial charge in [0.1, 0.15) is 0 Å². The quantitative estimate of drug-likeness (QED) is 0.849. The third kappa shape index (κ3) is 4.53. The largest absolute Gasteiger partial charge is 0.337 e. The van der Waals surface area contributed by atoms with Crippen LogP contribution >= 0.6 is 11.8 Å². The van der Waals surface area contributed by atoms with Gasteiger partial charge in [0.05, 0.1) is 12.5 Å². The standard InChI is InChI=1S/C16H24N2OS/c1-17(2)12-15-13-20-10-6-9-18(15)16(19)11-14-7-4-3-5-8-14/h3-5,7-8,15H,6,9-13H2,1-2H3/t15-/m0/s1. The Labute approximate surface area is 126 Å². The Morgan fingerprint density at radius 3 is 2.80 bits per heavy atom. The van der Waals surface area contributed by atoms with E-state index >= 15 is 0 Å². The smallest absolute Gasteiger partial charge is 0.227 e. The summed E-state index contributed by atoms with van der Waals surface area (Å²) in [5.74, 6) is 2.49. The number of thioether (sulfide) groups is 1. The van der Waals surface area contributed by atoms with Crippen molar-refractivity contribution in [3.05, 3.63) is 35.9 Å². The van der Waals surface area contributed by atoms with Crippen LogP contribution in [0.1, 0.15) is 12.0 Å². The van der Waals surface area contributed by atoms with Crippen molar-refractivity contribution in [1.82, 2.24) is 9.80 Å². The molecule has 0 spiro atoms. The molecule has 1 aromatic rings. The van der Waals surface area contributed by atoms with Crippen molar-refractivity contribution in [3.8, 4) is 0 Å². The van der Waals surface area contributed by atoms with Crippen molar-refractivity contribution in [2.45, 2.75) is 18.9 Å². The summed E-state index contributed by atoms with van der Waals surface area (Å²) in [6, 6.07) is 10.4. The number of hydrogen-bond donors (Lipinski definition) is 0. The van der Waals surface area contributed by atoms with Crippen molar-refractivity contribution in [1.29, 1.82) is 0 Å². The molecule has 1 aromatic carbocycles. The van der Waals surface area contributed by atoms with Crippen LogP contribution in [0.3, 0.4) is 0 Å². The Morgan fingerprint density at radius 2 is 2.10 bits per heavy atom. The third-order valence-corrected chi connectivity index (χ3v) is 4.73. The number of amides is 1. The molecule has 0 bridgehead atoms. The Morgan fingerprint density at radius 1 is 1.35 bits per heavy atom. The van der Waals surface area contributed by atoms with E-state index in [1.54, 1.807) is 0 Å². The number of rotatable bonds is 4. The van der Waals surface area contributed by atoms with E-state index < -0.39 is 0 Å². The first kappa shape index (κ1) is 15.4. The molecule has 0 unspecified atom stereocenters. The van der Waals surface area contributed by atoms with E-state index in [2.05, 4.69) is 23.9 Å². The average molecular weight is 292 g/mol. The lowest BCUT2D eigenvalue weighted by molar-refractivity contribution is -0.132. The van der Waals surface area contributed by atoms with Gasteiger partial charge >= 0.3 is 0 Å². The predicted molar refractivity (Wildman–Crippen MR) is 86.1 cm³/mol. The van der Waals surface area contributed by atoms with Gasteiger partial charge in [0.2, 0.25) is 5.91 Å². The van der Waals surface area contributed by atoms with Gasteiger partial charge in [0, 0.05) is 18.8 Å². The maximum atomic E-state index is 12.6. The van der Waals surface area contributed by atoms with Crippen molar-refractivity contribution >= 4 is 17.7 Å². The Kier molecular flexibility index (Phi) is 5.92. The van der Waals surface area contributed by atoms with Crippen LogP contribution < -0.4 is 0 Å². The number of likely N-dealkylation sites (N-methyl/N-ethyl adjacent to an activating group) is 1. The summed E-state index contributed by atoms with van der Waals surface area (Å²) in [6.45, 7) is 1.85. The molecule has 4 heteroatoms. The molecule has 0 N–H and O–H groups in total. The highest BCUT2D eigenvalue weighted by atomic mass is 32.2. The van der Waals surface area contributed by atoms with Gasteiger partial charge in [-0.1, -0.05) is 30.3 Å². The molecule has 3 nitrogen and oxygen atoms in total. The Hall–Kier alpha value is -1.00. The van der Waals surface area contributed by atoms with Gasteiger partial charge in [-0.15, -0.1) is 0 Å². The van der Waals surface area contributed by atoms with Crippen LogP contribution in [0.25, 0.3) is 0 Å². The number of hydrogen-bond acceptors (Lipinski definition) is 3. The zero-order chi connectivity index (χ0) is 14.4. The van der Waals surface area contributed by atoms with Crippen molar-refractivity contribution in [3.63, 3.8) is 0 Å². The summed E-state index contributed by atoms with van der Waals surface area (Å²) in [5, 5.41) is 0. The van der Waals surface area contributed by atoms with E-state index in [0.29, 0.717) is 12.5 Å². The lowest BCUT2D eigenvalue weighted by atomic mass is 10.1. The monoisotopic (exact) mass is 292 g/mol. The maximum Gasteiger partial charge on any atom is 0.227 e. The second-order valence-corrected chi connectivity index (χ2v) is 6.74. The van der Waals surface area contributed by atoms with Gasteiger partial charge in [-0.05, 0) is 31.8 Å². The molecule has 1 aliphatic heterocycles. The lowest BCUT2D eigenvalue weighted by Gasteiger charge is -2.31. The Bertz CT molecular complexity index is 422. The molecule has 0 radical (unpaired) electrons. The second kappa shape index (κ2) is 7.70. The predicted octanol–water partition coefficient (Wildman–Crippen LogP) is 2.12. The van der Waals surface area contributed by atoms with Crippen molar-refractivity contribution in [2.24, 2.45) is 0 Å². The fraction of sp³-hybridized carbons (Fsp3) is 0.562. The van der Waals surface area contributed by atoms with Crippen LogP contribution in [0.15, 0.2) is 30.3 Å². The number of nitrogens with zero attached hydrogens (tertiary/aromatic N) is 2. The summed E-state index contributed by atoms with van der Waals surface area (Å²) >= 11 is 1.97. The highest BCUT2D eigenvalue weighted by Crippen LogP contribution is 2.18. The molecule has 0 aliphatic carbocycles. The van der Waals surface area contributed by atoms with Gasteiger partial charge < -0.3 is 9.80 Å². The molecular weight excluding hydrogens is 268 g/mol. The van der Waals surface area contributed by atoms with Crippen LogP contribution in [-0.2, 0) is 11.2 Å². The van der Waals surface area contributed by atoms with Crippen LogP contribution in [0.5, 0.6) is 0 Å². The molecule has 0 saturated carbocycles. The molecule has 1 aliphatic rings. The topological polar surface area (TPSA) is 23.6 Å². The summed E-state index contributed by atoms with van der Waals surface area (Å²) in [5.41, 5.74) is 1.11. The number of carbonyl (C=O) groups is 1. The molecule has 2 rings (SSSR count). The van der Waals surface area contributed by atoms with Gasteiger partial charge in [0.15, 0.2) is 0 Å². The first-order valence-electron chi connectivity index (χ1n) is 7.22. The normalized spacial score (nSPS) is 19.9. The fourth-order valence-corrected chi connectivity index (χ4v) is 3.66. The average Bonchev–Trinajstić information content (AvgIpc) is 2.64. The van der Waals surface area contributed by atoms with Crippen molar-refractivity contribution in [2.75, 3.05) is 38.7 Å². The van der Waals surface area contributed by atoms with Crippen LogP contribution in [0.4, 0.5) is 0 Å². The molecule has 1 saturated heterocycles. The molecule has 1 fully saturated rings. The summed E-state index contributed by atoms with van der Waals surface area (Å²) in [6.07, 6.45) is 1.63. The molecule has 20 heavy (non-hydrogen) atoms. The summed E-state index contributed by atoms with van der Waals surface area (Å²) in [7, 11) is 4.16. The first-order valence-corrected chi connectivity index (χ1v) is 8.38. The molecule has 1 heterocycles. The van der Waals surface area contributed by atoms with E-state index in [1.807, 2.05) is 42.1 Å². The zero-order valence-corrected chi connectivity index (χ0v) is 13.2. The molecule has 110 valence electrons. The Balaban J connectivity index is 2.03. The SMILES string of the molecule is CN(C)C[C@H]1CSCCCN1C(=O)Cc1ccccc1. The fourth-order valence-electron chi connectivity index (χ4n) is 2.60. The van der Waals surface area contributed by atoms with Gasteiger partial charge in [-0.25, -0.2) is 0 Å². The lowest BCUT2D eigenvalue weighted by Crippen LogP contribution is -2.47. The van der Waals surface area contributed by atoms with E-state index in [-0.39, 0.29) is 5.91 Å². The molecule has 0 aromatic heterocycles. The van der Waals surface area contributed by atoms with Crippen LogP contribution in [-0.4, -0.2) is 60.4 Å². The van der Waals surface area contributed by atoms with E-state index in [9.17, 15) is 4.79 Å². The minimum absolute atomic E-state index is 0.269. The van der Waals surface area contributed by atoms with Crippen molar-refractivity contribution < 1.29 is 4.79 Å². The second-order valence-electron chi connectivity index (χ2n) is 5.59. The first-order chi connectivity index (χ1) is 9.66. The third-order valence-electron chi connectivity index (χ3n) is 3.53. The van der Waals surface area contributed by atoms with Crippen LogP contribution in [0.2, 0.25) is 0 Å². The van der Waals surface area contributed by atoms with E-state index in [1.165, 1.54) is 5.75 Å². The zero-order valence-electron chi connectivity index (χ0n) is 12.4. The molecule has 1 atom stereocenters. The van der Waals surface area contributed by atoms with E-state index in [4.69, 9.17) is 0 Å². The van der Waals surface area contributed by atoms with E-state index in [0.717, 1.165) is 30.8 Å². The molecule has 1 amide bonds. The summed E-state index contributed by atoms with van der Waals surface area (Å²) in [4.78, 5) is 16.9. The summed E-state index contributed by atoms with van der Waals surface area (Å²) < 4.78 is 0. The maximum absolute atomic E-state index is 12.6. The van der Waals surface area contributed by atoms with Gasteiger partial charge in [-0.3, -0.25) is 4.79 Å². The molecular formula is C16H24N2OS. The number of benzene rings is 1.